The predicted molar refractivity (Wildman–Crippen MR) is 67.4 cm³/mol. The van der Waals surface area contributed by atoms with Crippen LogP contribution in [0.15, 0.2) is 30.5 Å². The Hall–Kier alpha value is -2.14. The molecule has 0 atom stereocenters. The van der Waals surface area contributed by atoms with E-state index in [9.17, 15) is 9.59 Å². The number of benzene rings is 1. The minimum absolute atomic E-state index is 0.269. The zero-order chi connectivity index (χ0) is 13.1. The second-order valence-corrected chi connectivity index (χ2v) is 3.96. The van der Waals surface area contributed by atoms with Gasteiger partial charge in [-0.2, -0.15) is 5.10 Å². The molecule has 0 radical (unpaired) electrons. The fourth-order valence-electron chi connectivity index (χ4n) is 1.49. The molecule has 0 unspecified atom stereocenters. The van der Waals surface area contributed by atoms with Crippen LogP contribution >= 0.6 is 11.6 Å². The van der Waals surface area contributed by atoms with Gasteiger partial charge >= 0.3 is 0 Å². The number of hydrogen-bond donors (Lipinski definition) is 1. The van der Waals surface area contributed by atoms with E-state index in [0.717, 1.165) is 0 Å². The van der Waals surface area contributed by atoms with Gasteiger partial charge in [0.1, 0.15) is 6.29 Å². The maximum Gasteiger partial charge on any atom is 0.271 e. The molecule has 0 bridgehead atoms. The average molecular weight is 264 g/mol. The third-order valence-corrected chi connectivity index (χ3v) is 2.71. The summed E-state index contributed by atoms with van der Waals surface area (Å²) in [6.45, 7) is 0. The van der Waals surface area contributed by atoms with Crippen LogP contribution in [0.2, 0.25) is 5.02 Å². The second-order valence-electron chi connectivity index (χ2n) is 3.55. The summed E-state index contributed by atoms with van der Waals surface area (Å²) < 4.78 is 1.49. The molecule has 0 aliphatic carbocycles. The first-order valence-electron chi connectivity index (χ1n) is 5.18. The number of rotatable bonds is 3. The van der Waals surface area contributed by atoms with Crippen LogP contribution in [-0.4, -0.2) is 29.0 Å². The summed E-state index contributed by atoms with van der Waals surface area (Å²) in [6.07, 6.45) is 2.35. The molecule has 1 amide bonds. The lowest BCUT2D eigenvalue weighted by atomic mass is 10.2. The molecule has 2 rings (SSSR count). The number of halogens is 1. The predicted octanol–water partition coefficient (Wildman–Crippen LogP) is 1.70. The van der Waals surface area contributed by atoms with Gasteiger partial charge in [-0.1, -0.05) is 11.6 Å². The topological polar surface area (TPSA) is 64.0 Å². The van der Waals surface area contributed by atoms with E-state index in [0.29, 0.717) is 28.3 Å². The molecule has 1 aromatic heterocycles. The van der Waals surface area contributed by atoms with E-state index >= 15 is 0 Å². The molecule has 0 saturated heterocycles. The van der Waals surface area contributed by atoms with E-state index < -0.39 is 0 Å². The van der Waals surface area contributed by atoms with Crippen LogP contribution in [-0.2, 0) is 0 Å². The highest BCUT2D eigenvalue weighted by Crippen LogP contribution is 2.21. The first kappa shape index (κ1) is 12.3. The molecule has 0 aliphatic heterocycles. The number of carbonyl (C=O) groups is 2. The van der Waals surface area contributed by atoms with Crippen molar-refractivity contribution in [3.8, 4) is 5.69 Å². The Balaban J connectivity index is 2.40. The first-order chi connectivity index (χ1) is 8.65. The number of aldehydes is 1. The van der Waals surface area contributed by atoms with Crippen molar-refractivity contribution in [1.29, 1.82) is 0 Å². The summed E-state index contributed by atoms with van der Waals surface area (Å²) in [5.74, 6) is -0.269. The summed E-state index contributed by atoms with van der Waals surface area (Å²) in [7, 11) is 1.53. The summed E-state index contributed by atoms with van der Waals surface area (Å²) in [6, 6.07) is 6.44. The van der Waals surface area contributed by atoms with Gasteiger partial charge in [0.2, 0.25) is 0 Å². The molecule has 18 heavy (non-hydrogen) atoms. The summed E-state index contributed by atoms with van der Waals surface area (Å²) in [5.41, 5.74) is 1.40. The zero-order valence-corrected chi connectivity index (χ0v) is 10.3. The molecule has 1 heterocycles. The van der Waals surface area contributed by atoms with E-state index in [2.05, 4.69) is 10.4 Å². The van der Waals surface area contributed by atoms with Gasteiger partial charge in [-0.3, -0.25) is 9.59 Å². The molecule has 0 spiro atoms. The van der Waals surface area contributed by atoms with Gasteiger partial charge in [0.05, 0.1) is 10.7 Å². The van der Waals surface area contributed by atoms with Crippen LogP contribution in [0.25, 0.3) is 5.69 Å². The number of nitrogens with one attached hydrogen (secondary N) is 1. The van der Waals surface area contributed by atoms with Crippen molar-refractivity contribution in [1.82, 2.24) is 15.1 Å². The monoisotopic (exact) mass is 263 g/mol. The average Bonchev–Trinajstić information content (AvgIpc) is 2.87. The minimum Gasteiger partial charge on any atom is -0.354 e. The van der Waals surface area contributed by atoms with Crippen molar-refractivity contribution in [2.45, 2.75) is 0 Å². The van der Waals surface area contributed by atoms with Crippen LogP contribution in [0, 0.1) is 0 Å². The number of aromatic nitrogens is 2. The van der Waals surface area contributed by atoms with Crippen molar-refractivity contribution in [3.63, 3.8) is 0 Å². The van der Waals surface area contributed by atoms with Crippen LogP contribution in [0.1, 0.15) is 20.8 Å². The van der Waals surface area contributed by atoms with Crippen molar-refractivity contribution < 1.29 is 9.59 Å². The third kappa shape index (κ3) is 2.26. The highest BCUT2D eigenvalue weighted by molar-refractivity contribution is 6.32. The Morgan fingerprint density at radius 2 is 2.22 bits per heavy atom. The van der Waals surface area contributed by atoms with Gasteiger partial charge in [-0.25, -0.2) is 4.68 Å². The standard InChI is InChI=1S/C12H10ClN3O2/c1-14-12(18)10-4-5-16(15-10)11-3-2-8(7-17)6-9(11)13/h2-7H,1H3,(H,14,18). The molecule has 5 nitrogen and oxygen atoms in total. The van der Waals surface area contributed by atoms with Crippen molar-refractivity contribution in [2.24, 2.45) is 0 Å². The zero-order valence-electron chi connectivity index (χ0n) is 9.55. The molecule has 6 heteroatoms. The van der Waals surface area contributed by atoms with Crippen molar-refractivity contribution in [3.05, 3.63) is 46.7 Å². The molecular formula is C12H10ClN3O2. The van der Waals surface area contributed by atoms with E-state index in [4.69, 9.17) is 11.6 Å². The Labute approximate surface area is 108 Å². The number of hydrogen-bond acceptors (Lipinski definition) is 3. The van der Waals surface area contributed by atoms with Gasteiger partial charge in [-0.05, 0) is 24.3 Å². The third-order valence-electron chi connectivity index (χ3n) is 2.40. The van der Waals surface area contributed by atoms with Crippen LogP contribution in [0.3, 0.4) is 0 Å². The maximum absolute atomic E-state index is 11.4. The van der Waals surface area contributed by atoms with Crippen LogP contribution < -0.4 is 5.32 Å². The summed E-state index contributed by atoms with van der Waals surface area (Å²) >= 11 is 6.05. The Morgan fingerprint density at radius 3 is 2.83 bits per heavy atom. The number of nitrogens with zero attached hydrogens (tertiary/aromatic N) is 2. The highest BCUT2D eigenvalue weighted by Gasteiger charge is 2.10. The molecule has 0 saturated carbocycles. The molecule has 92 valence electrons. The number of amides is 1. The largest absolute Gasteiger partial charge is 0.354 e. The maximum atomic E-state index is 11.4. The number of carbonyl (C=O) groups excluding carboxylic acids is 2. The Bertz CT molecular complexity index is 607. The lowest BCUT2D eigenvalue weighted by Crippen LogP contribution is -2.18. The molecule has 0 fully saturated rings. The van der Waals surface area contributed by atoms with Crippen molar-refractivity contribution in [2.75, 3.05) is 7.05 Å². The Morgan fingerprint density at radius 1 is 1.44 bits per heavy atom. The summed E-state index contributed by atoms with van der Waals surface area (Å²) in [5, 5.41) is 6.98. The molecule has 1 aromatic carbocycles. The van der Waals surface area contributed by atoms with E-state index in [1.165, 1.54) is 11.7 Å². The second kappa shape index (κ2) is 5.01. The fourth-order valence-corrected chi connectivity index (χ4v) is 1.77. The van der Waals surface area contributed by atoms with Crippen molar-refractivity contribution >= 4 is 23.8 Å². The van der Waals surface area contributed by atoms with Crippen LogP contribution in [0.4, 0.5) is 0 Å². The van der Waals surface area contributed by atoms with E-state index in [-0.39, 0.29) is 5.91 Å². The first-order valence-corrected chi connectivity index (χ1v) is 5.56. The van der Waals surface area contributed by atoms with E-state index in [1.807, 2.05) is 0 Å². The molecule has 0 aliphatic rings. The normalized spacial score (nSPS) is 10.1. The quantitative estimate of drug-likeness (QED) is 0.857. The lowest BCUT2D eigenvalue weighted by Gasteiger charge is -2.04. The van der Waals surface area contributed by atoms with Gasteiger partial charge in [-0.15, -0.1) is 0 Å². The summed E-state index contributed by atoms with van der Waals surface area (Å²) in [4.78, 5) is 22.0. The molecular weight excluding hydrogens is 254 g/mol. The van der Waals surface area contributed by atoms with Gasteiger partial charge in [0, 0.05) is 18.8 Å². The molecule has 1 N–H and O–H groups in total. The minimum atomic E-state index is -0.269. The van der Waals surface area contributed by atoms with Crippen LogP contribution in [0.5, 0.6) is 0 Å². The SMILES string of the molecule is CNC(=O)c1ccn(-c2ccc(C=O)cc2Cl)n1. The smallest absolute Gasteiger partial charge is 0.271 e. The van der Waals surface area contributed by atoms with Gasteiger partial charge < -0.3 is 5.32 Å². The van der Waals surface area contributed by atoms with Gasteiger partial charge in [0.25, 0.3) is 5.91 Å². The lowest BCUT2D eigenvalue weighted by molar-refractivity contribution is 0.0957. The fraction of sp³-hybridized carbons (Fsp3) is 0.0833. The highest BCUT2D eigenvalue weighted by atomic mass is 35.5. The molecule has 2 aromatic rings. The Kier molecular flexibility index (Phi) is 3.43. The van der Waals surface area contributed by atoms with Gasteiger partial charge in [0.15, 0.2) is 5.69 Å². The van der Waals surface area contributed by atoms with E-state index in [1.54, 1.807) is 30.5 Å².